The van der Waals surface area contributed by atoms with Crippen LogP contribution < -0.4 is 19.8 Å². The number of ether oxygens (including phenoxy) is 3. The van der Waals surface area contributed by atoms with Crippen LogP contribution in [0, 0.1) is 19.3 Å². The number of nitrogens with zero attached hydrogens (tertiary/aromatic N) is 2. The van der Waals surface area contributed by atoms with Crippen molar-refractivity contribution in [2.24, 2.45) is 5.41 Å². The predicted molar refractivity (Wildman–Crippen MR) is 149 cm³/mol. The van der Waals surface area contributed by atoms with Crippen LogP contribution in [-0.4, -0.2) is 59.8 Å². The van der Waals surface area contributed by atoms with Crippen LogP contribution in [0.4, 0.5) is 0 Å². The molecule has 1 aromatic heterocycles. The number of rotatable bonds is 5. The number of nitrogens with one attached hydrogen (secondary N) is 1. The summed E-state index contributed by atoms with van der Waals surface area (Å²) >= 11 is 6.98. The van der Waals surface area contributed by atoms with Gasteiger partial charge in [-0.2, -0.15) is 0 Å². The van der Waals surface area contributed by atoms with E-state index >= 15 is 0 Å². The van der Waals surface area contributed by atoms with E-state index in [1.807, 2.05) is 6.92 Å². The average molecular weight is 556 g/mol. The van der Waals surface area contributed by atoms with Gasteiger partial charge in [0.05, 0.1) is 29.8 Å². The lowest BCUT2D eigenvalue weighted by atomic mass is 9.54. The zero-order valence-electron chi connectivity index (χ0n) is 23.8. The van der Waals surface area contributed by atoms with Crippen LogP contribution in [0.25, 0.3) is 0 Å². The SMILES string of the molecule is COc1cc(C)[nH]c(=O)c1CN1CCc2c(Cl)c3c(c(C)c2C1=O)O[C@](C)(C12CCC(N(C)C)(CC1)CC2)O3. The Morgan fingerprint density at radius 2 is 1.72 bits per heavy atom. The Morgan fingerprint density at radius 3 is 2.33 bits per heavy atom. The van der Waals surface area contributed by atoms with Crippen LogP contribution in [-0.2, 0) is 13.0 Å². The molecule has 3 fully saturated rings. The Kier molecular flexibility index (Phi) is 6.05. The number of pyridine rings is 1. The number of H-pyrrole nitrogens is 1. The topological polar surface area (TPSA) is 84.1 Å². The monoisotopic (exact) mass is 555 g/mol. The highest BCUT2D eigenvalue weighted by Crippen LogP contribution is 2.63. The summed E-state index contributed by atoms with van der Waals surface area (Å²) in [5.41, 5.74) is 3.15. The fourth-order valence-electron chi connectivity index (χ4n) is 7.61. The molecule has 1 N–H and O–H groups in total. The number of hydrogen-bond acceptors (Lipinski definition) is 6. The normalized spacial score (nSPS) is 29.2. The van der Waals surface area contributed by atoms with Gasteiger partial charge in [-0.25, -0.2) is 0 Å². The summed E-state index contributed by atoms with van der Waals surface area (Å²) in [5, 5.41) is 0.471. The van der Waals surface area contributed by atoms with Gasteiger partial charge in [0, 0.05) is 35.7 Å². The lowest BCUT2D eigenvalue weighted by molar-refractivity contribution is -0.211. The summed E-state index contributed by atoms with van der Waals surface area (Å²) < 4.78 is 18.9. The van der Waals surface area contributed by atoms with Gasteiger partial charge in [-0.15, -0.1) is 0 Å². The molecule has 0 unspecified atom stereocenters. The number of amides is 1. The molecule has 0 radical (unpaired) electrons. The van der Waals surface area contributed by atoms with E-state index in [9.17, 15) is 9.59 Å². The van der Waals surface area contributed by atoms with Crippen molar-refractivity contribution in [1.29, 1.82) is 0 Å². The molecule has 210 valence electrons. The zero-order valence-corrected chi connectivity index (χ0v) is 24.5. The molecule has 39 heavy (non-hydrogen) atoms. The molecule has 3 heterocycles. The number of benzene rings is 1. The quantitative estimate of drug-likeness (QED) is 0.559. The van der Waals surface area contributed by atoms with Crippen molar-refractivity contribution in [2.75, 3.05) is 27.7 Å². The first-order valence-electron chi connectivity index (χ1n) is 13.9. The molecule has 0 spiro atoms. The van der Waals surface area contributed by atoms with E-state index in [-0.39, 0.29) is 29.0 Å². The highest BCUT2D eigenvalue weighted by molar-refractivity contribution is 6.34. The number of halogens is 1. The number of aromatic nitrogens is 1. The van der Waals surface area contributed by atoms with E-state index in [2.05, 4.69) is 30.9 Å². The largest absolute Gasteiger partial charge is 0.496 e. The number of aromatic amines is 1. The number of carbonyl (C=O) groups is 1. The highest BCUT2D eigenvalue weighted by Gasteiger charge is 2.62. The standard InChI is InChI=1S/C30H38ClN3O5/c1-17-15-21(37-6)20(26(35)32-17)16-34-14-7-19-22(27(34)36)18(2)24-25(23(19)31)39-28(3,38-24)29-8-11-30(12-9-29,13-10-29)33(4)5/h15H,7-14,16H2,1-6H3,(H,32,35)/t28-,29?,30?/m0/s1. The lowest BCUT2D eigenvalue weighted by Gasteiger charge is -2.59. The minimum Gasteiger partial charge on any atom is -0.496 e. The van der Waals surface area contributed by atoms with Gasteiger partial charge in [-0.05, 0) is 84.5 Å². The van der Waals surface area contributed by atoms with E-state index in [1.54, 1.807) is 17.9 Å². The van der Waals surface area contributed by atoms with E-state index in [0.29, 0.717) is 52.1 Å². The van der Waals surface area contributed by atoms with Gasteiger partial charge >= 0.3 is 0 Å². The Balaban J connectivity index is 1.32. The van der Waals surface area contributed by atoms with Crippen LogP contribution in [0.3, 0.4) is 0 Å². The number of methoxy groups -OCH3 is 1. The molecule has 2 bridgehead atoms. The first-order valence-corrected chi connectivity index (χ1v) is 14.3. The minimum atomic E-state index is -0.835. The zero-order chi connectivity index (χ0) is 27.9. The van der Waals surface area contributed by atoms with Crippen molar-refractivity contribution in [1.82, 2.24) is 14.8 Å². The van der Waals surface area contributed by atoms with Gasteiger partial charge in [-0.1, -0.05) is 11.6 Å². The van der Waals surface area contributed by atoms with Gasteiger partial charge in [0.1, 0.15) is 5.75 Å². The molecule has 1 amide bonds. The van der Waals surface area contributed by atoms with Gasteiger partial charge in [0.15, 0.2) is 11.5 Å². The fourth-order valence-corrected chi connectivity index (χ4v) is 7.92. The van der Waals surface area contributed by atoms with E-state index in [4.69, 9.17) is 25.8 Å². The Bertz CT molecular complexity index is 1410. The maximum Gasteiger partial charge on any atom is 0.256 e. The van der Waals surface area contributed by atoms with E-state index in [1.165, 1.54) is 7.11 Å². The van der Waals surface area contributed by atoms with Gasteiger partial charge in [0.2, 0.25) is 0 Å². The van der Waals surface area contributed by atoms with Crippen molar-refractivity contribution >= 4 is 17.5 Å². The Morgan fingerprint density at radius 1 is 1.08 bits per heavy atom. The Hall–Kier alpha value is -2.71. The summed E-state index contributed by atoms with van der Waals surface area (Å²) in [6.07, 6.45) is 7.03. The molecule has 8 nitrogen and oxygen atoms in total. The molecule has 2 aromatic rings. The van der Waals surface area contributed by atoms with Gasteiger partial charge in [0.25, 0.3) is 17.3 Å². The number of carbonyl (C=O) groups excluding carboxylic acids is 1. The van der Waals surface area contributed by atoms with Crippen LogP contribution in [0.5, 0.6) is 17.2 Å². The molecular formula is C30H38ClN3O5. The summed E-state index contributed by atoms with van der Waals surface area (Å²) in [5.74, 6) is 0.618. The summed E-state index contributed by atoms with van der Waals surface area (Å²) in [4.78, 5) is 33.5. The van der Waals surface area contributed by atoms with Crippen LogP contribution in [0.2, 0.25) is 5.02 Å². The second-order valence-electron chi connectivity index (χ2n) is 12.3. The average Bonchev–Trinajstić information content (AvgIpc) is 3.30. The predicted octanol–water partition coefficient (Wildman–Crippen LogP) is 4.99. The molecule has 3 aliphatic carbocycles. The van der Waals surface area contributed by atoms with Crippen LogP contribution >= 0.6 is 11.6 Å². The summed E-state index contributed by atoms with van der Waals surface area (Å²) in [6.45, 7) is 6.36. The van der Waals surface area contributed by atoms with Crippen LogP contribution in [0.1, 0.15) is 78.2 Å². The van der Waals surface area contributed by atoms with Crippen LogP contribution in [0.15, 0.2) is 10.9 Å². The molecule has 3 saturated carbocycles. The second-order valence-corrected chi connectivity index (χ2v) is 12.7. The number of fused-ring (bicyclic) bond motifs is 5. The van der Waals surface area contributed by atoms with Crippen molar-refractivity contribution in [3.8, 4) is 17.2 Å². The first-order chi connectivity index (χ1) is 18.4. The molecule has 1 atom stereocenters. The molecular weight excluding hydrogens is 518 g/mol. The molecule has 0 saturated heterocycles. The third-order valence-corrected chi connectivity index (χ3v) is 10.7. The maximum atomic E-state index is 13.9. The molecule has 1 aromatic carbocycles. The molecule has 5 aliphatic rings. The molecule has 9 heteroatoms. The minimum absolute atomic E-state index is 0.0981. The van der Waals surface area contributed by atoms with Gasteiger partial charge in [-0.3, -0.25) is 9.59 Å². The number of aryl methyl sites for hydroxylation is 1. The van der Waals surface area contributed by atoms with Crippen molar-refractivity contribution in [2.45, 2.75) is 83.6 Å². The van der Waals surface area contributed by atoms with E-state index in [0.717, 1.165) is 49.7 Å². The lowest BCUT2D eigenvalue weighted by Crippen LogP contribution is -2.62. The van der Waals surface area contributed by atoms with Gasteiger partial charge < -0.3 is 29.0 Å². The second kappa shape index (κ2) is 8.90. The van der Waals surface area contributed by atoms with Crippen molar-refractivity contribution in [3.63, 3.8) is 0 Å². The summed E-state index contributed by atoms with van der Waals surface area (Å²) in [7, 11) is 5.92. The smallest absolute Gasteiger partial charge is 0.256 e. The number of hydrogen-bond donors (Lipinski definition) is 1. The summed E-state index contributed by atoms with van der Waals surface area (Å²) in [6, 6.07) is 1.78. The first kappa shape index (κ1) is 26.5. The molecule has 7 rings (SSSR count). The van der Waals surface area contributed by atoms with Crippen molar-refractivity contribution in [3.05, 3.63) is 49.4 Å². The third-order valence-electron chi connectivity index (χ3n) is 10.3. The van der Waals surface area contributed by atoms with E-state index < -0.39 is 5.79 Å². The molecule has 2 aliphatic heterocycles. The van der Waals surface area contributed by atoms with Crippen molar-refractivity contribution < 1.29 is 19.0 Å². The fraction of sp³-hybridized carbons (Fsp3) is 0.600. The highest BCUT2D eigenvalue weighted by atomic mass is 35.5. The maximum absolute atomic E-state index is 13.9. The Labute approximate surface area is 234 Å². The third kappa shape index (κ3) is 3.74.